The van der Waals surface area contributed by atoms with E-state index in [0.29, 0.717) is 10.7 Å². The lowest BCUT2D eigenvalue weighted by atomic mass is 10.2. The lowest BCUT2D eigenvalue weighted by Gasteiger charge is -2.03. The molecule has 24 heavy (non-hydrogen) atoms. The zero-order valence-corrected chi connectivity index (χ0v) is 13.7. The van der Waals surface area contributed by atoms with Crippen LogP contribution in [0.4, 0.5) is 0 Å². The first-order chi connectivity index (χ1) is 11.5. The molecule has 1 aromatic carbocycles. The Bertz CT molecular complexity index is 946. The van der Waals surface area contributed by atoms with Crippen molar-refractivity contribution in [1.29, 1.82) is 0 Å². The molecule has 0 radical (unpaired) electrons. The van der Waals surface area contributed by atoms with Gasteiger partial charge in [-0.3, -0.25) is 9.59 Å². The number of carbonyl (C=O) groups is 1. The average molecular weight is 343 g/mol. The van der Waals surface area contributed by atoms with Crippen LogP contribution >= 0.6 is 11.6 Å². The molecule has 1 amide bonds. The number of halogens is 1. The highest BCUT2D eigenvalue weighted by atomic mass is 35.5. The van der Waals surface area contributed by atoms with Gasteiger partial charge < -0.3 is 10.3 Å². The number of hydrogen-bond donors (Lipinski definition) is 2. The third kappa shape index (κ3) is 3.55. The molecule has 0 aliphatic carbocycles. The summed E-state index contributed by atoms with van der Waals surface area (Å²) >= 11 is 5.97. The second kappa shape index (κ2) is 6.72. The SMILES string of the molecule is Cc1ccc(C(=O)NCc2cnn(-c3cccc(Cl)c3)c2)c(=O)[nH]1. The number of nitrogens with zero attached hydrogens (tertiary/aromatic N) is 2. The van der Waals surface area contributed by atoms with Crippen molar-refractivity contribution in [2.24, 2.45) is 0 Å². The van der Waals surface area contributed by atoms with Crippen molar-refractivity contribution in [2.45, 2.75) is 13.5 Å². The van der Waals surface area contributed by atoms with E-state index in [0.717, 1.165) is 11.3 Å². The monoisotopic (exact) mass is 342 g/mol. The van der Waals surface area contributed by atoms with E-state index >= 15 is 0 Å². The molecule has 0 saturated heterocycles. The topological polar surface area (TPSA) is 79.8 Å². The summed E-state index contributed by atoms with van der Waals surface area (Å²) in [5.41, 5.74) is 2.03. The molecule has 0 bridgehead atoms. The minimum absolute atomic E-state index is 0.0860. The molecular weight excluding hydrogens is 328 g/mol. The van der Waals surface area contributed by atoms with Crippen LogP contribution in [0, 0.1) is 6.92 Å². The highest BCUT2D eigenvalue weighted by molar-refractivity contribution is 6.30. The summed E-state index contributed by atoms with van der Waals surface area (Å²) in [7, 11) is 0. The van der Waals surface area contributed by atoms with Gasteiger partial charge in [-0.2, -0.15) is 5.10 Å². The predicted molar refractivity (Wildman–Crippen MR) is 91.5 cm³/mol. The molecule has 0 unspecified atom stereocenters. The predicted octanol–water partition coefficient (Wildman–Crippen LogP) is 2.45. The molecule has 3 aromatic rings. The summed E-state index contributed by atoms with van der Waals surface area (Å²) in [5, 5.41) is 7.58. The van der Waals surface area contributed by atoms with Gasteiger partial charge in [-0.05, 0) is 37.3 Å². The summed E-state index contributed by atoms with van der Waals surface area (Å²) in [4.78, 5) is 26.5. The minimum atomic E-state index is -0.424. The smallest absolute Gasteiger partial charge is 0.260 e. The molecule has 2 aromatic heterocycles. The number of H-pyrrole nitrogens is 1. The summed E-state index contributed by atoms with van der Waals surface area (Å²) in [5.74, 6) is -0.424. The van der Waals surface area contributed by atoms with E-state index < -0.39 is 11.5 Å². The number of aryl methyl sites for hydroxylation is 1. The maximum absolute atomic E-state index is 12.1. The Morgan fingerprint density at radius 2 is 2.17 bits per heavy atom. The number of rotatable bonds is 4. The van der Waals surface area contributed by atoms with E-state index in [9.17, 15) is 9.59 Å². The third-order valence-electron chi connectivity index (χ3n) is 3.46. The number of benzene rings is 1. The summed E-state index contributed by atoms with van der Waals surface area (Å²) in [6.45, 7) is 2.03. The molecule has 122 valence electrons. The quantitative estimate of drug-likeness (QED) is 0.764. The molecule has 7 heteroatoms. The van der Waals surface area contributed by atoms with Gasteiger partial charge in [0.1, 0.15) is 5.56 Å². The molecule has 0 saturated carbocycles. The van der Waals surface area contributed by atoms with Crippen LogP contribution < -0.4 is 10.9 Å². The Hall–Kier alpha value is -2.86. The lowest BCUT2D eigenvalue weighted by Crippen LogP contribution is -2.29. The van der Waals surface area contributed by atoms with E-state index in [1.165, 1.54) is 6.07 Å². The molecule has 0 aliphatic rings. The van der Waals surface area contributed by atoms with Crippen molar-refractivity contribution in [1.82, 2.24) is 20.1 Å². The fraction of sp³-hybridized carbons (Fsp3) is 0.118. The molecule has 0 atom stereocenters. The Kier molecular flexibility index (Phi) is 4.48. The second-order valence-corrected chi connectivity index (χ2v) is 5.78. The summed E-state index contributed by atoms with van der Waals surface area (Å²) in [6, 6.07) is 10.5. The van der Waals surface area contributed by atoms with Crippen LogP contribution in [0.2, 0.25) is 5.02 Å². The Morgan fingerprint density at radius 3 is 2.92 bits per heavy atom. The molecule has 0 spiro atoms. The van der Waals surface area contributed by atoms with Gasteiger partial charge in [0.25, 0.3) is 11.5 Å². The van der Waals surface area contributed by atoms with Crippen LogP contribution in [-0.2, 0) is 6.54 Å². The first-order valence-corrected chi connectivity index (χ1v) is 7.68. The van der Waals surface area contributed by atoms with Gasteiger partial charge in [0.15, 0.2) is 0 Å². The van der Waals surface area contributed by atoms with Crippen LogP contribution in [-0.4, -0.2) is 20.7 Å². The van der Waals surface area contributed by atoms with Crippen molar-refractivity contribution in [3.63, 3.8) is 0 Å². The largest absolute Gasteiger partial charge is 0.348 e. The second-order valence-electron chi connectivity index (χ2n) is 5.34. The molecule has 2 N–H and O–H groups in total. The molecular formula is C17H15ClN4O2. The number of hydrogen-bond acceptors (Lipinski definition) is 3. The molecule has 2 heterocycles. The Labute approximate surface area is 143 Å². The number of pyridine rings is 1. The van der Waals surface area contributed by atoms with Crippen molar-refractivity contribution < 1.29 is 4.79 Å². The van der Waals surface area contributed by atoms with Gasteiger partial charge in [0.05, 0.1) is 11.9 Å². The van der Waals surface area contributed by atoms with Gasteiger partial charge >= 0.3 is 0 Å². The standard InChI is InChI=1S/C17H15ClN4O2/c1-11-5-6-15(17(24)21-11)16(23)19-8-12-9-20-22(10-12)14-4-2-3-13(18)7-14/h2-7,9-10H,8H2,1H3,(H,19,23)(H,21,24). The molecule has 6 nitrogen and oxygen atoms in total. The fourth-order valence-corrected chi connectivity index (χ4v) is 2.42. The molecule has 0 fully saturated rings. The Balaban J connectivity index is 1.69. The number of aromatic nitrogens is 3. The average Bonchev–Trinajstić information content (AvgIpc) is 3.01. The maximum atomic E-state index is 12.1. The van der Waals surface area contributed by atoms with Crippen LogP contribution in [0.3, 0.4) is 0 Å². The first kappa shape index (κ1) is 16.0. The van der Waals surface area contributed by atoms with Gasteiger partial charge in [-0.1, -0.05) is 17.7 Å². The van der Waals surface area contributed by atoms with Crippen molar-refractivity contribution in [3.05, 3.63) is 81.0 Å². The zero-order valence-electron chi connectivity index (χ0n) is 12.9. The van der Waals surface area contributed by atoms with Gasteiger partial charge in [-0.15, -0.1) is 0 Å². The van der Waals surface area contributed by atoms with Crippen LogP contribution in [0.25, 0.3) is 5.69 Å². The maximum Gasteiger partial charge on any atom is 0.260 e. The third-order valence-corrected chi connectivity index (χ3v) is 3.70. The van der Waals surface area contributed by atoms with Crippen LogP contribution in [0.15, 0.2) is 53.6 Å². The van der Waals surface area contributed by atoms with Crippen LogP contribution in [0.1, 0.15) is 21.6 Å². The van der Waals surface area contributed by atoms with E-state index in [2.05, 4.69) is 15.4 Å². The minimum Gasteiger partial charge on any atom is -0.348 e. The normalized spacial score (nSPS) is 10.6. The van der Waals surface area contributed by atoms with E-state index in [4.69, 9.17) is 11.6 Å². The number of amides is 1. The summed E-state index contributed by atoms with van der Waals surface area (Å²) in [6.07, 6.45) is 3.45. The fourth-order valence-electron chi connectivity index (χ4n) is 2.24. The van der Waals surface area contributed by atoms with Crippen molar-refractivity contribution >= 4 is 17.5 Å². The van der Waals surface area contributed by atoms with E-state index in [1.54, 1.807) is 42.2 Å². The number of nitrogens with one attached hydrogen (secondary N) is 2. The summed E-state index contributed by atoms with van der Waals surface area (Å²) < 4.78 is 1.67. The number of carbonyl (C=O) groups excluding carboxylic acids is 1. The van der Waals surface area contributed by atoms with E-state index in [-0.39, 0.29) is 12.1 Å². The van der Waals surface area contributed by atoms with Crippen molar-refractivity contribution in [3.8, 4) is 5.69 Å². The molecule has 0 aliphatic heterocycles. The molecule has 3 rings (SSSR count). The zero-order chi connectivity index (χ0) is 17.1. The lowest BCUT2D eigenvalue weighted by molar-refractivity contribution is 0.0949. The van der Waals surface area contributed by atoms with E-state index in [1.807, 2.05) is 12.1 Å². The Morgan fingerprint density at radius 1 is 1.33 bits per heavy atom. The number of aromatic amines is 1. The van der Waals surface area contributed by atoms with Gasteiger partial charge in [0.2, 0.25) is 0 Å². The van der Waals surface area contributed by atoms with Crippen molar-refractivity contribution in [2.75, 3.05) is 0 Å². The first-order valence-electron chi connectivity index (χ1n) is 7.30. The highest BCUT2D eigenvalue weighted by Crippen LogP contribution is 2.14. The van der Waals surface area contributed by atoms with Gasteiger partial charge in [-0.25, -0.2) is 4.68 Å². The van der Waals surface area contributed by atoms with Gasteiger partial charge in [0, 0.05) is 29.0 Å². The van der Waals surface area contributed by atoms with Crippen LogP contribution in [0.5, 0.6) is 0 Å². The highest BCUT2D eigenvalue weighted by Gasteiger charge is 2.10.